The van der Waals surface area contributed by atoms with E-state index in [1.807, 2.05) is 146 Å². The molecule has 0 bridgehead atoms. The summed E-state index contributed by atoms with van der Waals surface area (Å²) < 4.78 is 31.2. The molecule has 21 aromatic rings. The van der Waals surface area contributed by atoms with Crippen LogP contribution < -0.4 is 24.0 Å². The van der Waals surface area contributed by atoms with Crippen molar-refractivity contribution in [1.29, 1.82) is 0 Å². The van der Waals surface area contributed by atoms with E-state index < -0.39 is 0 Å². The number of anilines is 8. The fourth-order valence-electron chi connectivity index (χ4n) is 15.4. The summed E-state index contributed by atoms with van der Waals surface area (Å²) in [5.74, 6) is 5.03. The third-order valence-electron chi connectivity index (χ3n) is 20.6. The molecule has 1 aliphatic rings. The minimum atomic E-state index is 0. The molecule has 0 spiro atoms. The van der Waals surface area contributed by atoms with Crippen LogP contribution in [0.25, 0.3) is 122 Å². The quantitative estimate of drug-likeness (QED) is 0.0454. The van der Waals surface area contributed by atoms with E-state index in [-0.39, 0.29) is 51.2 Å². The molecule has 17 heteroatoms. The number of aliphatic imine (C=N–C) groups is 1. The van der Waals surface area contributed by atoms with Gasteiger partial charge in [0.2, 0.25) is 0 Å². The van der Waals surface area contributed by atoms with Gasteiger partial charge >= 0.3 is 0 Å². The number of rotatable bonds is 14. The van der Waals surface area contributed by atoms with E-state index in [1.54, 1.807) is 18.7 Å². The van der Waals surface area contributed by atoms with Crippen LogP contribution in [0.2, 0.25) is 0 Å². The second-order valence-corrected chi connectivity index (χ2v) is 27.5. The standard InChI is InChI=1S/C39H22N3O.C33H20N3O.C28H22N4O2.3Cu/c1-2-15-29-26(11-1)12-10-18-30(29)27-13-9-14-28(25-27)41-35-21-7-8-22-36(35)43-37-23-24-38(40-39(37)41)42-33-19-5-3-16-31(33)32-17-4-6-20-34(32)42;1-2-11-26(12-3-1)36(27-13-6-10-25(23-27)28-14-7-16-31-29(28)20-22-37-31)33-18-8-17-32(34-33)35-21-19-24-9-4-5-15-30(24)35;1-30-13-11-25-26(17-31(2)27(25)30)20-7-6-10-23(15-20)32(22-8-4-3-5-9-22)19-29-16-21-18-34-28-24(21)12-14-33-28;;;/h1-14,16-19,21-24H;1-14,16-19,21-22H;3-11,13-14,16-18H,19H2,1-2H3;;;/q2*-3;-2;;;. The first-order chi connectivity index (χ1) is 56.4. The fraction of sp³-hybridized carbons (Fsp3) is 0.0300. The Kier molecular flexibility index (Phi) is 21.3. The first-order valence-corrected chi connectivity index (χ1v) is 37.3. The molecule has 0 aliphatic carbocycles. The number of aromatic nitrogens is 6. The summed E-state index contributed by atoms with van der Waals surface area (Å²) in [5, 5.41) is 8.60. The number of para-hydroxylation sites is 7. The molecule has 1 aliphatic heterocycles. The largest absolute Gasteiger partial charge is 0.535 e. The van der Waals surface area contributed by atoms with E-state index in [2.05, 4.69) is 266 Å². The van der Waals surface area contributed by atoms with Crippen molar-refractivity contribution in [2.45, 2.75) is 0 Å². The van der Waals surface area contributed by atoms with Crippen molar-refractivity contribution in [2.75, 3.05) is 21.4 Å². The molecule has 22 rings (SSSR count). The van der Waals surface area contributed by atoms with Gasteiger partial charge in [0.05, 0.1) is 19.8 Å². The smallest absolute Gasteiger partial charge is 0.181 e. The molecule has 0 fully saturated rings. The van der Waals surface area contributed by atoms with E-state index in [0.29, 0.717) is 24.0 Å². The molecule has 10 heterocycles. The molecule has 9 aromatic heterocycles. The van der Waals surface area contributed by atoms with Gasteiger partial charge in [0.15, 0.2) is 28.7 Å². The first kappa shape index (κ1) is 75.8. The second kappa shape index (κ2) is 32.9. The number of hydrogen-bond donors (Lipinski definition) is 0. The Morgan fingerprint density at radius 3 is 2.03 bits per heavy atom. The average molecular weight is 1660 g/mol. The van der Waals surface area contributed by atoms with Crippen LogP contribution >= 0.6 is 0 Å². The van der Waals surface area contributed by atoms with Crippen LogP contribution in [-0.4, -0.2) is 36.6 Å². The van der Waals surface area contributed by atoms with Gasteiger partial charge in [-0.2, -0.15) is 59.7 Å². The fourth-order valence-corrected chi connectivity index (χ4v) is 15.4. The van der Waals surface area contributed by atoms with Gasteiger partial charge in [-0.1, -0.05) is 142 Å². The molecule has 3 radical (unpaired) electrons. The molecule has 12 aromatic carbocycles. The van der Waals surface area contributed by atoms with Crippen LogP contribution in [0.5, 0.6) is 11.5 Å². The van der Waals surface area contributed by atoms with Gasteiger partial charge in [-0.3, -0.25) is 4.99 Å². The molecule has 14 nitrogen and oxygen atoms in total. The molecular formula is C100H64Cu3N10O4-8. The molecular weight excluding hydrogens is 1600 g/mol. The summed E-state index contributed by atoms with van der Waals surface area (Å²) in [4.78, 5) is 21.5. The summed E-state index contributed by atoms with van der Waals surface area (Å²) in [6.45, 7) is 0.421. The van der Waals surface area contributed by atoms with Crippen LogP contribution in [0.15, 0.2) is 353 Å². The normalized spacial score (nSPS) is 11.5. The monoisotopic (exact) mass is 1660 g/mol. The van der Waals surface area contributed by atoms with E-state index in [1.165, 1.54) is 22.7 Å². The molecule has 0 N–H and O–H groups in total. The Bertz CT molecular complexity index is 7120. The zero-order chi connectivity index (χ0) is 76.0. The predicted molar refractivity (Wildman–Crippen MR) is 453 cm³/mol. The molecule has 579 valence electrons. The Morgan fingerprint density at radius 2 is 1.18 bits per heavy atom. The Labute approximate surface area is 706 Å². The van der Waals surface area contributed by atoms with Crippen molar-refractivity contribution in [1.82, 2.24) is 23.7 Å². The zero-order valence-electron chi connectivity index (χ0n) is 62.5. The minimum Gasteiger partial charge on any atom is -0.535 e. The Morgan fingerprint density at radius 1 is 0.513 bits per heavy atom. The summed E-state index contributed by atoms with van der Waals surface area (Å²) >= 11 is 0. The summed E-state index contributed by atoms with van der Waals surface area (Å²) in [5.41, 5.74) is 17.8. The molecule has 117 heavy (non-hydrogen) atoms. The van der Waals surface area contributed by atoms with Crippen molar-refractivity contribution in [3.63, 3.8) is 0 Å². The van der Waals surface area contributed by atoms with Crippen molar-refractivity contribution < 1.29 is 73.8 Å². The molecule has 0 atom stereocenters. The molecule has 0 amide bonds. The van der Waals surface area contributed by atoms with Gasteiger partial charge < -0.3 is 51.0 Å². The SMILES string of the molecule is Cn1cc(-c2[c-]c(N(CN=Cc3coc4oc[c-]c34)c3ccccc3)ccc2)c2[cH-]c[n+](C)c21.[Cu].[Cu].[Cu].[c-]1c(-c2cccc3ccc[c-]c23)cccc1N1c2ccccc2Oc2ccc(-n3c4[c-]cccc4c4ccccc43)nc21.[c-]1c(-c2cccc3oc[c-]c23)cccc1N(c1ccccc1)c1cccc(-n2ccc3ccc[c-]c32)n1. The van der Waals surface area contributed by atoms with Gasteiger partial charge in [0.25, 0.3) is 0 Å². The van der Waals surface area contributed by atoms with E-state index in [4.69, 9.17) is 32.9 Å². The van der Waals surface area contributed by atoms with Crippen molar-refractivity contribution in [2.24, 2.45) is 19.1 Å². The molecule has 0 saturated carbocycles. The molecule has 0 unspecified atom stereocenters. The van der Waals surface area contributed by atoms with Crippen LogP contribution in [0.1, 0.15) is 5.56 Å². The van der Waals surface area contributed by atoms with E-state index in [9.17, 15) is 0 Å². The number of furan rings is 3. The van der Waals surface area contributed by atoms with Crippen molar-refractivity contribution >= 4 is 129 Å². The first-order valence-electron chi connectivity index (χ1n) is 37.3. The van der Waals surface area contributed by atoms with Crippen LogP contribution in [0.3, 0.4) is 0 Å². The number of aryl methyl sites for hydroxylation is 2. The van der Waals surface area contributed by atoms with Crippen molar-refractivity contribution in [3.05, 3.63) is 389 Å². The number of nitrogens with zero attached hydrogens (tertiary/aromatic N) is 10. The van der Waals surface area contributed by atoms with Gasteiger partial charge in [0.1, 0.15) is 24.1 Å². The minimum absolute atomic E-state index is 0. The van der Waals surface area contributed by atoms with Gasteiger partial charge in [-0.15, -0.1) is 165 Å². The number of pyridine rings is 2. The second-order valence-electron chi connectivity index (χ2n) is 27.5. The van der Waals surface area contributed by atoms with Gasteiger partial charge in [-0.25, -0.2) is 9.97 Å². The molecule has 0 saturated heterocycles. The predicted octanol–water partition coefficient (Wildman–Crippen LogP) is 23.8. The summed E-state index contributed by atoms with van der Waals surface area (Å²) in [6.07, 6.45) is 12.8. The zero-order valence-corrected chi connectivity index (χ0v) is 65.4. The Balaban J connectivity index is 0.000000125. The maximum atomic E-state index is 6.41. The maximum Gasteiger partial charge on any atom is 0.181 e. The average Bonchev–Trinajstić information content (AvgIpc) is 1.72. The number of ether oxygens (including phenoxy) is 1. The van der Waals surface area contributed by atoms with E-state index >= 15 is 0 Å². The third-order valence-corrected chi connectivity index (χ3v) is 20.6. The van der Waals surface area contributed by atoms with Gasteiger partial charge in [0, 0.05) is 105 Å². The maximum absolute atomic E-state index is 6.41. The number of fused-ring (bicyclic) bond motifs is 10. The van der Waals surface area contributed by atoms with E-state index in [0.717, 1.165) is 151 Å². The Hall–Kier alpha value is -13.9. The van der Waals surface area contributed by atoms with Crippen LogP contribution in [-0.2, 0) is 65.3 Å². The summed E-state index contributed by atoms with van der Waals surface area (Å²) in [6, 6.07) is 128. The topological polar surface area (TPSA) is 115 Å². The van der Waals surface area contributed by atoms with Crippen LogP contribution in [0, 0.1) is 48.5 Å². The van der Waals surface area contributed by atoms with Crippen LogP contribution in [0.4, 0.5) is 45.8 Å². The van der Waals surface area contributed by atoms with Crippen molar-refractivity contribution in [3.8, 4) is 56.5 Å². The summed E-state index contributed by atoms with van der Waals surface area (Å²) in [7, 11) is 4.14. The van der Waals surface area contributed by atoms with Gasteiger partial charge in [-0.05, 0) is 102 Å². The third kappa shape index (κ3) is 14.4. The number of hydrogen-bond acceptors (Lipinski definition) is 10. The number of benzene rings is 12.